The smallest absolute Gasteiger partial charge is 0.274 e. The molecule has 1 fully saturated rings. The Balaban J connectivity index is 1.75. The Hall–Kier alpha value is -1.93. The summed E-state index contributed by atoms with van der Waals surface area (Å²) in [6.45, 7) is 1.44. The molecule has 7 nitrogen and oxygen atoms in total. The van der Waals surface area contributed by atoms with Gasteiger partial charge in [0.2, 0.25) is 10.0 Å². The van der Waals surface area contributed by atoms with Crippen LogP contribution in [0.25, 0.3) is 5.65 Å². The number of imidazole rings is 1. The molecule has 112 valence electrons. The number of hydrogen-bond donors (Lipinski definition) is 0. The summed E-state index contributed by atoms with van der Waals surface area (Å²) in [6.07, 6.45) is 4.72. The second-order valence-corrected chi connectivity index (χ2v) is 7.03. The predicted molar refractivity (Wildman–Crippen MR) is 77.5 cm³/mol. The molecule has 1 saturated heterocycles. The molecule has 0 aromatic carbocycles. The number of sulfonamides is 1. The van der Waals surface area contributed by atoms with Crippen LogP contribution in [0.1, 0.15) is 10.5 Å². The van der Waals surface area contributed by atoms with Gasteiger partial charge in [0.15, 0.2) is 0 Å². The van der Waals surface area contributed by atoms with Crippen LogP contribution in [0.3, 0.4) is 0 Å². The van der Waals surface area contributed by atoms with E-state index in [2.05, 4.69) is 4.98 Å². The average Bonchev–Trinajstić information content (AvgIpc) is 2.89. The van der Waals surface area contributed by atoms with Crippen LogP contribution >= 0.6 is 0 Å². The molecule has 0 radical (unpaired) electrons. The number of hydrogen-bond acceptors (Lipinski definition) is 4. The molecule has 3 rings (SSSR count). The summed E-state index contributed by atoms with van der Waals surface area (Å²) in [7, 11) is -3.18. The first-order valence-electron chi connectivity index (χ1n) is 6.63. The van der Waals surface area contributed by atoms with E-state index in [1.165, 1.54) is 10.6 Å². The van der Waals surface area contributed by atoms with E-state index < -0.39 is 10.0 Å². The summed E-state index contributed by atoms with van der Waals surface area (Å²) in [5.74, 6) is -0.160. The second kappa shape index (κ2) is 5.12. The summed E-state index contributed by atoms with van der Waals surface area (Å²) >= 11 is 0. The zero-order valence-corrected chi connectivity index (χ0v) is 12.5. The topological polar surface area (TPSA) is 75.0 Å². The number of rotatable bonds is 2. The van der Waals surface area contributed by atoms with Gasteiger partial charge in [-0.25, -0.2) is 13.4 Å². The first-order chi connectivity index (χ1) is 9.95. The Morgan fingerprint density at radius 1 is 1.19 bits per heavy atom. The molecule has 0 saturated carbocycles. The lowest BCUT2D eigenvalue weighted by Crippen LogP contribution is -2.50. The van der Waals surface area contributed by atoms with Crippen molar-refractivity contribution >= 4 is 21.6 Å². The normalized spacial score (nSPS) is 17.3. The number of aromatic nitrogens is 2. The van der Waals surface area contributed by atoms with Crippen LogP contribution in [0.2, 0.25) is 0 Å². The van der Waals surface area contributed by atoms with Crippen molar-refractivity contribution in [3.63, 3.8) is 0 Å². The van der Waals surface area contributed by atoms with Gasteiger partial charge in [0, 0.05) is 38.6 Å². The van der Waals surface area contributed by atoms with Gasteiger partial charge in [-0.05, 0) is 12.1 Å². The third-order valence-electron chi connectivity index (χ3n) is 3.58. The zero-order chi connectivity index (χ0) is 15.0. The molecule has 0 atom stereocenters. The number of fused-ring (bicyclic) bond motifs is 1. The Morgan fingerprint density at radius 3 is 2.52 bits per heavy atom. The Labute approximate surface area is 122 Å². The van der Waals surface area contributed by atoms with Crippen LogP contribution in [0.5, 0.6) is 0 Å². The highest BCUT2D eigenvalue weighted by Crippen LogP contribution is 2.11. The molecule has 1 aliphatic heterocycles. The number of pyridine rings is 1. The third-order valence-corrected chi connectivity index (χ3v) is 4.88. The molecule has 2 aromatic heterocycles. The molecule has 0 N–H and O–H groups in total. The van der Waals surface area contributed by atoms with Crippen molar-refractivity contribution in [1.29, 1.82) is 0 Å². The SMILES string of the molecule is CS(=O)(=O)N1CCN(C(=O)c2cn3ccccc3n2)CC1. The average molecular weight is 308 g/mol. The van der Waals surface area contributed by atoms with Gasteiger partial charge in [0.1, 0.15) is 11.3 Å². The monoisotopic (exact) mass is 308 g/mol. The maximum atomic E-state index is 12.4. The van der Waals surface area contributed by atoms with E-state index in [1.807, 2.05) is 24.4 Å². The molecule has 0 spiro atoms. The van der Waals surface area contributed by atoms with Gasteiger partial charge in [-0.15, -0.1) is 0 Å². The van der Waals surface area contributed by atoms with Crippen LogP contribution in [0.4, 0.5) is 0 Å². The fraction of sp³-hybridized carbons (Fsp3) is 0.385. The molecule has 0 aliphatic carbocycles. The van der Waals surface area contributed by atoms with Crippen LogP contribution in [-0.2, 0) is 10.0 Å². The lowest BCUT2D eigenvalue weighted by molar-refractivity contribution is 0.0693. The molecule has 1 aliphatic rings. The van der Waals surface area contributed by atoms with Crippen molar-refractivity contribution in [1.82, 2.24) is 18.6 Å². The fourth-order valence-corrected chi connectivity index (χ4v) is 3.25. The van der Waals surface area contributed by atoms with E-state index in [1.54, 1.807) is 15.5 Å². The first-order valence-corrected chi connectivity index (χ1v) is 8.48. The maximum absolute atomic E-state index is 12.4. The number of nitrogens with zero attached hydrogens (tertiary/aromatic N) is 4. The van der Waals surface area contributed by atoms with Crippen molar-refractivity contribution < 1.29 is 13.2 Å². The largest absolute Gasteiger partial charge is 0.335 e. The van der Waals surface area contributed by atoms with E-state index in [9.17, 15) is 13.2 Å². The lowest BCUT2D eigenvalue weighted by atomic mass is 10.3. The molecule has 3 heterocycles. The minimum absolute atomic E-state index is 0.160. The van der Waals surface area contributed by atoms with Gasteiger partial charge < -0.3 is 9.30 Å². The van der Waals surface area contributed by atoms with E-state index in [-0.39, 0.29) is 5.91 Å². The highest BCUT2D eigenvalue weighted by atomic mass is 32.2. The molecular weight excluding hydrogens is 292 g/mol. The number of amides is 1. The van der Waals surface area contributed by atoms with Crippen molar-refractivity contribution in [2.24, 2.45) is 0 Å². The Bertz CT molecular complexity index is 743. The fourth-order valence-electron chi connectivity index (χ4n) is 2.42. The zero-order valence-electron chi connectivity index (χ0n) is 11.6. The standard InChI is InChI=1S/C13H16N4O3S/c1-21(19,20)17-8-6-15(7-9-17)13(18)11-10-16-5-3-2-4-12(16)14-11/h2-5,10H,6-9H2,1H3. The van der Waals surface area contributed by atoms with Gasteiger partial charge in [-0.2, -0.15) is 4.31 Å². The number of carbonyl (C=O) groups excluding carboxylic acids is 1. The molecule has 8 heteroatoms. The van der Waals surface area contributed by atoms with Crippen molar-refractivity contribution in [2.45, 2.75) is 0 Å². The van der Waals surface area contributed by atoms with Crippen LogP contribution in [0.15, 0.2) is 30.6 Å². The van der Waals surface area contributed by atoms with Crippen molar-refractivity contribution in [3.8, 4) is 0 Å². The van der Waals surface area contributed by atoms with Crippen LogP contribution in [0, 0.1) is 0 Å². The summed E-state index contributed by atoms with van der Waals surface area (Å²) in [5.41, 5.74) is 1.10. The Morgan fingerprint density at radius 2 is 1.90 bits per heavy atom. The molecular formula is C13H16N4O3S. The van der Waals surface area contributed by atoms with Crippen LogP contribution in [-0.4, -0.2) is 65.3 Å². The van der Waals surface area contributed by atoms with E-state index in [0.29, 0.717) is 31.9 Å². The molecule has 0 bridgehead atoms. The quantitative estimate of drug-likeness (QED) is 0.786. The molecule has 1 amide bonds. The maximum Gasteiger partial charge on any atom is 0.274 e. The lowest BCUT2D eigenvalue weighted by Gasteiger charge is -2.32. The van der Waals surface area contributed by atoms with Crippen LogP contribution < -0.4 is 0 Å². The molecule has 21 heavy (non-hydrogen) atoms. The number of piperazine rings is 1. The molecule has 0 unspecified atom stereocenters. The van der Waals surface area contributed by atoms with Gasteiger partial charge in [0.25, 0.3) is 5.91 Å². The van der Waals surface area contributed by atoms with Crippen molar-refractivity contribution in [2.75, 3.05) is 32.4 Å². The highest BCUT2D eigenvalue weighted by molar-refractivity contribution is 7.88. The summed E-state index contributed by atoms with van der Waals surface area (Å²) in [5, 5.41) is 0. The van der Waals surface area contributed by atoms with E-state index in [0.717, 1.165) is 5.65 Å². The van der Waals surface area contributed by atoms with Gasteiger partial charge in [0.05, 0.1) is 6.26 Å². The highest BCUT2D eigenvalue weighted by Gasteiger charge is 2.27. The first kappa shape index (κ1) is 14.0. The minimum atomic E-state index is -3.18. The van der Waals surface area contributed by atoms with E-state index in [4.69, 9.17) is 0 Å². The summed E-state index contributed by atoms with van der Waals surface area (Å²) < 4.78 is 26.1. The third kappa shape index (κ3) is 2.77. The predicted octanol–water partition coefficient (Wildman–Crippen LogP) is 0.0517. The summed E-state index contributed by atoms with van der Waals surface area (Å²) in [4.78, 5) is 18.3. The molecule has 2 aromatic rings. The Kier molecular flexibility index (Phi) is 3.42. The van der Waals surface area contributed by atoms with Gasteiger partial charge in [-0.1, -0.05) is 6.07 Å². The summed E-state index contributed by atoms with van der Waals surface area (Å²) in [6, 6.07) is 5.56. The van der Waals surface area contributed by atoms with Gasteiger partial charge in [-0.3, -0.25) is 4.79 Å². The van der Waals surface area contributed by atoms with Gasteiger partial charge >= 0.3 is 0 Å². The van der Waals surface area contributed by atoms with E-state index >= 15 is 0 Å². The second-order valence-electron chi connectivity index (χ2n) is 5.05. The minimum Gasteiger partial charge on any atom is -0.335 e. The van der Waals surface area contributed by atoms with Crippen molar-refractivity contribution in [3.05, 3.63) is 36.3 Å². The number of carbonyl (C=O) groups is 1.